The second kappa shape index (κ2) is 9.05. The number of aliphatic imine (C=N–C) groups is 1. The molecule has 7 heteroatoms. The lowest BCUT2D eigenvalue weighted by Crippen LogP contribution is -2.36. The molecule has 2 N–H and O–H groups in total. The molecule has 0 aliphatic rings. The van der Waals surface area contributed by atoms with Gasteiger partial charge in [0.15, 0.2) is 0 Å². The van der Waals surface area contributed by atoms with Gasteiger partial charge in [-0.1, -0.05) is 34.1 Å². The summed E-state index contributed by atoms with van der Waals surface area (Å²) in [7, 11) is 0. The molecule has 0 fully saturated rings. The summed E-state index contributed by atoms with van der Waals surface area (Å²) in [5.41, 5.74) is 1.85. The number of hydrogen-bond donors (Lipinski definition) is 2. The van der Waals surface area contributed by atoms with Crippen molar-refractivity contribution in [2.75, 3.05) is 5.32 Å². The van der Waals surface area contributed by atoms with Crippen LogP contribution in [-0.4, -0.2) is 16.9 Å². The Morgan fingerprint density at radius 2 is 1.96 bits per heavy atom. The van der Waals surface area contributed by atoms with E-state index in [2.05, 4.69) is 36.5 Å². The Balaban J connectivity index is 1.81. The number of nitrogens with one attached hydrogen (secondary N) is 2. The summed E-state index contributed by atoms with van der Waals surface area (Å²) in [6, 6.07) is 16.6. The second-order valence-corrected chi connectivity index (χ2v) is 6.54. The quantitative estimate of drug-likeness (QED) is 0.480. The van der Waals surface area contributed by atoms with Gasteiger partial charge in [0.2, 0.25) is 5.96 Å². The molecule has 5 nitrogen and oxygen atoms in total. The molecular weight excluding hydrogens is 411 g/mol. The highest BCUT2D eigenvalue weighted by atomic mass is 79.9. The summed E-state index contributed by atoms with van der Waals surface area (Å²) in [6.07, 6.45) is 3.38. The number of hydrogen-bond acceptors (Lipinski definition) is 3. The zero-order chi connectivity index (χ0) is 19.1. The molecule has 1 heterocycles. The molecule has 0 atom stereocenters. The Morgan fingerprint density at radius 1 is 1.11 bits per heavy atom. The molecule has 0 unspecified atom stereocenters. The minimum absolute atomic E-state index is 0.208. The van der Waals surface area contributed by atoms with Crippen molar-refractivity contribution < 1.29 is 9.18 Å². The highest BCUT2D eigenvalue weighted by Gasteiger charge is 2.10. The summed E-state index contributed by atoms with van der Waals surface area (Å²) in [6.45, 7) is 0.327. The first-order valence-electron chi connectivity index (χ1n) is 8.13. The van der Waals surface area contributed by atoms with Gasteiger partial charge in [0.05, 0.1) is 6.54 Å². The van der Waals surface area contributed by atoms with Crippen molar-refractivity contribution in [2.45, 2.75) is 6.54 Å². The molecule has 0 bridgehead atoms. The molecule has 0 radical (unpaired) electrons. The van der Waals surface area contributed by atoms with Crippen molar-refractivity contribution in [3.63, 3.8) is 0 Å². The van der Waals surface area contributed by atoms with Crippen LogP contribution in [0.1, 0.15) is 15.9 Å². The fourth-order valence-electron chi connectivity index (χ4n) is 2.28. The molecule has 0 spiro atoms. The summed E-state index contributed by atoms with van der Waals surface area (Å²) >= 11 is 3.41. The summed E-state index contributed by atoms with van der Waals surface area (Å²) in [5, 5.41) is 5.78. The molecule has 3 rings (SSSR count). The van der Waals surface area contributed by atoms with E-state index in [1.807, 2.05) is 36.4 Å². The molecule has 27 heavy (non-hydrogen) atoms. The number of carbonyl (C=O) groups excluding carboxylic acids is 1. The van der Waals surface area contributed by atoms with Gasteiger partial charge in [-0.05, 0) is 48.0 Å². The fourth-order valence-corrected chi connectivity index (χ4v) is 2.68. The van der Waals surface area contributed by atoms with Crippen LogP contribution in [0.3, 0.4) is 0 Å². The maximum atomic E-state index is 13.4. The maximum Gasteiger partial charge on any atom is 0.258 e. The van der Waals surface area contributed by atoms with Crippen LogP contribution in [0.5, 0.6) is 0 Å². The molecule has 2 aromatic carbocycles. The lowest BCUT2D eigenvalue weighted by molar-refractivity contribution is 0.0976. The molecule has 3 aromatic rings. The van der Waals surface area contributed by atoms with Gasteiger partial charge in [0.1, 0.15) is 5.82 Å². The van der Waals surface area contributed by atoms with E-state index in [0.29, 0.717) is 6.54 Å². The Kier molecular flexibility index (Phi) is 6.27. The Bertz CT molecular complexity index is 963. The van der Waals surface area contributed by atoms with Crippen molar-refractivity contribution >= 4 is 33.5 Å². The zero-order valence-corrected chi connectivity index (χ0v) is 15.8. The van der Waals surface area contributed by atoms with E-state index < -0.39 is 11.7 Å². The Labute approximate surface area is 164 Å². The summed E-state index contributed by atoms with van der Waals surface area (Å²) in [4.78, 5) is 20.9. The van der Waals surface area contributed by atoms with Crippen LogP contribution in [0.15, 0.2) is 82.5 Å². The van der Waals surface area contributed by atoms with Crippen molar-refractivity contribution in [1.82, 2.24) is 10.3 Å². The highest BCUT2D eigenvalue weighted by Crippen LogP contribution is 2.15. The van der Waals surface area contributed by atoms with E-state index in [-0.39, 0.29) is 11.5 Å². The monoisotopic (exact) mass is 426 g/mol. The van der Waals surface area contributed by atoms with Crippen LogP contribution in [0.2, 0.25) is 0 Å². The van der Waals surface area contributed by atoms with Gasteiger partial charge in [-0.3, -0.25) is 15.1 Å². The third kappa shape index (κ3) is 5.72. The SMILES string of the molecule is O=C(NC(=NCc1cccnc1)Nc1cccc(Br)c1)c1cccc(F)c1. The molecule has 0 saturated heterocycles. The van der Waals surface area contributed by atoms with Crippen LogP contribution in [0, 0.1) is 5.82 Å². The van der Waals surface area contributed by atoms with E-state index in [9.17, 15) is 9.18 Å². The highest BCUT2D eigenvalue weighted by molar-refractivity contribution is 9.10. The number of benzene rings is 2. The summed E-state index contributed by atoms with van der Waals surface area (Å²) in [5.74, 6) is -0.676. The number of anilines is 1. The van der Waals surface area contributed by atoms with Crippen molar-refractivity contribution in [2.24, 2.45) is 4.99 Å². The van der Waals surface area contributed by atoms with Crippen LogP contribution >= 0.6 is 15.9 Å². The van der Waals surface area contributed by atoms with Crippen LogP contribution in [-0.2, 0) is 6.54 Å². The van der Waals surface area contributed by atoms with Crippen LogP contribution < -0.4 is 10.6 Å². The number of aromatic nitrogens is 1. The predicted octanol–water partition coefficient (Wildman–Crippen LogP) is 4.38. The average Bonchev–Trinajstić information content (AvgIpc) is 2.67. The molecule has 1 amide bonds. The van der Waals surface area contributed by atoms with Gasteiger partial charge in [-0.25, -0.2) is 9.38 Å². The average molecular weight is 427 g/mol. The van der Waals surface area contributed by atoms with Crippen molar-refractivity contribution in [1.29, 1.82) is 0 Å². The molecule has 1 aromatic heterocycles. The zero-order valence-electron chi connectivity index (χ0n) is 14.2. The lowest BCUT2D eigenvalue weighted by atomic mass is 10.2. The number of guanidine groups is 1. The topological polar surface area (TPSA) is 66.4 Å². The predicted molar refractivity (Wildman–Crippen MR) is 107 cm³/mol. The Morgan fingerprint density at radius 3 is 2.70 bits per heavy atom. The van der Waals surface area contributed by atoms with Gasteiger partial charge in [0, 0.05) is 28.1 Å². The fraction of sp³-hybridized carbons (Fsp3) is 0.0500. The van der Waals surface area contributed by atoms with E-state index in [0.717, 1.165) is 15.7 Å². The minimum Gasteiger partial charge on any atom is -0.326 e. The van der Waals surface area contributed by atoms with Crippen molar-refractivity contribution in [3.05, 3.63) is 94.5 Å². The number of pyridine rings is 1. The second-order valence-electron chi connectivity index (χ2n) is 5.63. The number of amides is 1. The Hall–Kier alpha value is -3.06. The first-order chi connectivity index (χ1) is 13.1. The molecule has 0 aliphatic heterocycles. The van der Waals surface area contributed by atoms with Gasteiger partial charge in [0.25, 0.3) is 5.91 Å². The molecule has 0 aliphatic carbocycles. The van der Waals surface area contributed by atoms with Crippen LogP contribution in [0.25, 0.3) is 0 Å². The number of nitrogens with zero attached hydrogens (tertiary/aromatic N) is 2. The van der Waals surface area contributed by atoms with E-state index in [1.165, 1.54) is 24.3 Å². The maximum absolute atomic E-state index is 13.4. The van der Waals surface area contributed by atoms with E-state index in [4.69, 9.17) is 0 Å². The largest absolute Gasteiger partial charge is 0.326 e. The third-order valence-electron chi connectivity index (χ3n) is 3.55. The number of carbonyl (C=O) groups is 1. The molecule has 0 saturated carbocycles. The van der Waals surface area contributed by atoms with E-state index in [1.54, 1.807) is 12.4 Å². The number of rotatable bonds is 4. The van der Waals surface area contributed by atoms with Gasteiger partial charge in [-0.15, -0.1) is 0 Å². The lowest BCUT2D eigenvalue weighted by Gasteiger charge is -2.12. The normalized spacial score (nSPS) is 11.1. The minimum atomic E-state index is -0.476. The third-order valence-corrected chi connectivity index (χ3v) is 4.04. The van der Waals surface area contributed by atoms with Gasteiger partial charge in [-0.2, -0.15) is 0 Å². The molecule has 136 valence electrons. The standard InChI is InChI=1S/C20H16BrFN4O/c21-16-6-2-8-18(11-16)25-20(24-13-14-4-3-9-23-12-14)26-19(27)15-5-1-7-17(22)10-15/h1-12H,13H2,(H2,24,25,26,27). The van der Waals surface area contributed by atoms with Gasteiger partial charge >= 0.3 is 0 Å². The van der Waals surface area contributed by atoms with E-state index >= 15 is 0 Å². The number of halogens is 2. The van der Waals surface area contributed by atoms with Crippen LogP contribution in [0.4, 0.5) is 10.1 Å². The van der Waals surface area contributed by atoms with Gasteiger partial charge < -0.3 is 5.32 Å². The summed E-state index contributed by atoms with van der Waals surface area (Å²) < 4.78 is 14.3. The first kappa shape index (κ1) is 18.7. The first-order valence-corrected chi connectivity index (χ1v) is 8.92. The smallest absolute Gasteiger partial charge is 0.258 e. The van der Waals surface area contributed by atoms with Crippen molar-refractivity contribution in [3.8, 4) is 0 Å². The molecular formula is C20H16BrFN4O.